The van der Waals surface area contributed by atoms with E-state index in [0.717, 1.165) is 24.7 Å². The standard InChI is InChI=1S/C14H19N3O/c1-3-8-16-14(15-2)17-10-12-9-11-6-4-5-7-13(11)18-12/h3-7,12H,1,8-10H2,2H3,(H2,15,16,17). The second kappa shape index (κ2) is 6.10. The van der Waals surface area contributed by atoms with Gasteiger partial charge in [0.15, 0.2) is 5.96 Å². The van der Waals surface area contributed by atoms with Gasteiger partial charge in [-0.3, -0.25) is 4.99 Å². The summed E-state index contributed by atoms with van der Waals surface area (Å²) in [5, 5.41) is 6.38. The molecule has 0 radical (unpaired) electrons. The fourth-order valence-corrected chi connectivity index (χ4v) is 1.97. The van der Waals surface area contributed by atoms with Gasteiger partial charge in [0.1, 0.15) is 11.9 Å². The third-order valence-corrected chi connectivity index (χ3v) is 2.85. The lowest BCUT2D eigenvalue weighted by Crippen LogP contribution is -2.42. The highest BCUT2D eigenvalue weighted by Gasteiger charge is 2.22. The van der Waals surface area contributed by atoms with E-state index in [-0.39, 0.29) is 6.10 Å². The highest BCUT2D eigenvalue weighted by atomic mass is 16.5. The molecule has 0 saturated carbocycles. The second-order valence-corrected chi connectivity index (χ2v) is 4.17. The first-order valence-electron chi connectivity index (χ1n) is 6.13. The van der Waals surface area contributed by atoms with Crippen LogP contribution in [-0.4, -0.2) is 32.2 Å². The number of ether oxygens (including phenoxy) is 1. The summed E-state index contributed by atoms with van der Waals surface area (Å²) in [6, 6.07) is 8.17. The molecule has 1 aromatic carbocycles. The van der Waals surface area contributed by atoms with E-state index in [2.05, 4.69) is 28.3 Å². The van der Waals surface area contributed by atoms with Crippen LogP contribution in [0.1, 0.15) is 5.56 Å². The van der Waals surface area contributed by atoms with Crippen molar-refractivity contribution in [2.45, 2.75) is 12.5 Å². The molecule has 0 bridgehead atoms. The molecule has 4 heteroatoms. The number of benzene rings is 1. The molecule has 0 spiro atoms. The van der Waals surface area contributed by atoms with Crippen LogP contribution < -0.4 is 15.4 Å². The molecular weight excluding hydrogens is 226 g/mol. The molecule has 0 fully saturated rings. The molecule has 1 heterocycles. The SMILES string of the molecule is C=CCNC(=NC)NCC1Cc2ccccc2O1. The van der Waals surface area contributed by atoms with E-state index in [4.69, 9.17) is 4.74 Å². The summed E-state index contributed by atoms with van der Waals surface area (Å²) < 4.78 is 5.84. The number of fused-ring (bicyclic) bond motifs is 1. The minimum absolute atomic E-state index is 0.171. The van der Waals surface area contributed by atoms with Crippen molar-refractivity contribution in [3.05, 3.63) is 42.5 Å². The fraction of sp³-hybridized carbons (Fsp3) is 0.357. The third kappa shape index (κ3) is 3.03. The Morgan fingerprint density at radius 2 is 2.33 bits per heavy atom. The summed E-state index contributed by atoms with van der Waals surface area (Å²) in [5.41, 5.74) is 1.28. The summed E-state index contributed by atoms with van der Waals surface area (Å²) in [6.07, 6.45) is 2.92. The van der Waals surface area contributed by atoms with E-state index in [0.29, 0.717) is 6.54 Å². The molecule has 1 atom stereocenters. The average molecular weight is 245 g/mol. The van der Waals surface area contributed by atoms with Crippen LogP contribution in [0.5, 0.6) is 5.75 Å². The van der Waals surface area contributed by atoms with Crippen LogP contribution in [0.2, 0.25) is 0 Å². The van der Waals surface area contributed by atoms with E-state index in [9.17, 15) is 0 Å². The molecule has 0 aromatic heterocycles. The summed E-state index contributed by atoms with van der Waals surface area (Å²) >= 11 is 0. The first kappa shape index (κ1) is 12.5. The smallest absolute Gasteiger partial charge is 0.191 e. The van der Waals surface area contributed by atoms with Gasteiger partial charge in [0.05, 0.1) is 6.54 Å². The van der Waals surface area contributed by atoms with Crippen molar-refractivity contribution in [3.63, 3.8) is 0 Å². The van der Waals surface area contributed by atoms with Gasteiger partial charge in [-0.1, -0.05) is 24.3 Å². The Hall–Kier alpha value is -1.97. The van der Waals surface area contributed by atoms with E-state index in [1.165, 1.54) is 5.56 Å². The largest absolute Gasteiger partial charge is 0.488 e. The number of rotatable bonds is 4. The van der Waals surface area contributed by atoms with Crippen LogP contribution in [0.4, 0.5) is 0 Å². The van der Waals surface area contributed by atoms with Crippen molar-refractivity contribution in [2.75, 3.05) is 20.1 Å². The zero-order valence-electron chi connectivity index (χ0n) is 10.6. The maximum atomic E-state index is 5.84. The summed E-state index contributed by atoms with van der Waals surface area (Å²) in [6.45, 7) is 5.10. The molecule has 0 saturated heterocycles. The number of para-hydroxylation sites is 1. The second-order valence-electron chi connectivity index (χ2n) is 4.17. The third-order valence-electron chi connectivity index (χ3n) is 2.85. The van der Waals surface area contributed by atoms with Gasteiger partial charge in [0.2, 0.25) is 0 Å². The van der Waals surface area contributed by atoms with Crippen molar-refractivity contribution >= 4 is 5.96 Å². The quantitative estimate of drug-likeness (QED) is 0.478. The molecule has 1 aliphatic heterocycles. The lowest BCUT2D eigenvalue weighted by molar-refractivity contribution is 0.235. The van der Waals surface area contributed by atoms with E-state index in [1.807, 2.05) is 18.2 Å². The Morgan fingerprint density at radius 1 is 1.50 bits per heavy atom. The normalized spacial score (nSPS) is 17.8. The minimum Gasteiger partial charge on any atom is -0.488 e. The summed E-state index contributed by atoms with van der Waals surface area (Å²) in [4.78, 5) is 4.13. The topological polar surface area (TPSA) is 45.7 Å². The number of nitrogens with zero attached hydrogens (tertiary/aromatic N) is 1. The monoisotopic (exact) mass is 245 g/mol. The zero-order chi connectivity index (χ0) is 12.8. The molecular formula is C14H19N3O. The lowest BCUT2D eigenvalue weighted by atomic mass is 10.1. The Balaban J connectivity index is 1.81. The van der Waals surface area contributed by atoms with Crippen LogP contribution in [0.3, 0.4) is 0 Å². The summed E-state index contributed by atoms with van der Waals surface area (Å²) in [7, 11) is 1.75. The molecule has 2 N–H and O–H groups in total. The van der Waals surface area contributed by atoms with Crippen molar-refractivity contribution < 1.29 is 4.74 Å². The van der Waals surface area contributed by atoms with E-state index < -0.39 is 0 Å². The van der Waals surface area contributed by atoms with Crippen molar-refractivity contribution in [1.29, 1.82) is 0 Å². The van der Waals surface area contributed by atoms with Gasteiger partial charge in [-0.25, -0.2) is 0 Å². The van der Waals surface area contributed by atoms with Crippen LogP contribution in [0, 0.1) is 0 Å². The van der Waals surface area contributed by atoms with Crippen LogP contribution in [-0.2, 0) is 6.42 Å². The Kier molecular flexibility index (Phi) is 4.23. The Morgan fingerprint density at radius 3 is 3.06 bits per heavy atom. The Labute approximate surface area is 108 Å². The van der Waals surface area contributed by atoms with Crippen LogP contribution in [0.15, 0.2) is 41.9 Å². The average Bonchev–Trinajstić information content (AvgIpc) is 2.81. The molecule has 4 nitrogen and oxygen atoms in total. The van der Waals surface area contributed by atoms with Crippen LogP contribution >= 0.6 is 0 Å². The molecule has 1 aliphatic rings. The molecule has 2 rings (SSSR count). The molecule has 96 valence electrons. The number of aliphatic imine (C=N–C) groups is 1. The van der Waals surface area contributed by atoms with Gasteiger partial charge in [-0.2, -0.15) is 0 Å². The van der Waals surface area contributed by atoms with Gasteiger partial charge in [0, 0.05) is 20.0 Å². The lowest BCUT2D eigenvalue weighted by Gasteiger charge is -2.14. The van der Waals surface area contributed by atoms with Crippen molar-refractivity contribution in [1.82, 2.24) is 10.6 Å². The predicted molar refractivity (Wildman–Crippen MR) is 74.1 cm³/mol. The van der Waals surface area contributed by atoms with Crippen molar-refractivity contribution in [2.24, 2.45) is 4.99 Å². The first-order valence-corrected chi connectivity index (χ1v) is 6.13. The van der Waals surface area contributed by atoms with Gasteiger partial charge in [0.25, 0.3) is 0 Å². The predicted octanol–water partition coefficient (Wildman–Crippen LogP) is 1.34. The number of hydrogen-bond donors (Lipinski definition) is 2. The van der Waals surface area contributed by atoms with Gasteiger partial charge >= 0.3 is 0 Å². The number of hydrogen-bond acceptors (Lipinski definition) is 2. The van der Waals surface area contributed by atoms with E-state index >= 15 is 0 Å². The number of guanidine groups is 1. The van der Waals surface area contributed by atoms with E-state index in [1.54, 1.807) is 13.1 Å². The summed E-state index contributed by atoms with van der Waals surface area (Å²) in [5.74, 6) is 1.77. The number of nitrogens with one attached hydrogen (secondary N) is 2. The zero-order valence-corrected chi connectivity index (χ0v) is 10.6. The maximum absolute atomic E-state index is 5.84. The molecule has 1 aromatic rings. The molecule has 0 amide bonds. The molecule has 1 unspecified atom stereocenters. The highest BCUT2D eigenvalue weighted by Crippen LogP contribution is 2.27. The maximum Gasteiger partial charge on any atom is 0.191 e. The Bertz CT molecular complexity index is 417. The molecule has 18 heavy (non-hydrogen) atoms. The van der Waals surface area contributed by atoms with Gasteiger partial charge < -0.3 is 15.4 Å². The fourth-order valence-electron chi connectivity index (χ4n) is 1.97. The highest BCUT2D eigenvalue weighted by molar-refractivity contribution is 5.79. The first-order chi connectivity index (χ1) is 8.83. The van der Waals surface area contributed by atoms with Crippen LogP contribution in [0.25, 0.3) is 0 Å². The van der Waals surface area contributed by atoms with Crippen molar-refractivity contribution in [3.8, 4) is 5.75 Å². The van der Waals surface area contributed by atoms with Gasteiger partial charge in [-0.05, 0) is 11.6 Å². The molecule has 0 aliphatic carbocycles. The van der Waals surface area contributed by atoms with Gasteiger partial charge in [-0.15, -0.1) is 6.58 Å². The minimum atomic E-state index is 0.171.